The molecule has 2 atom stereocenters. The van der Waals surface area contributed by atoms with Gasteiger partial charge in [0.15, 0.2) is 6.04 Å². The molecule has 124 valence electrons. The molecule has 2 N–H and O–H groups in total. The zero-order valence-electron chi connectivity index (χ0n) is 13.6. The van der Waals surface area contributed by atoms with Crippen LogP contribution in [0.1, 0.15) is 33.7 Å². The highest BCUT2D eigenvalue weighted by Crippen LogP contribution is 2.20. The van der Waals surface area contributed by atoms with E-state index in [1.165, 1.54) is 0 Å². The Bertz CT molecular complexity index is 717. The standard InChI is InChI=1S/C16H21N3O4/c1-10(19-12-8-6-5-7-11(12)9-17-19)13(14(20)21)18-15(22)23-16(2,3)4/h5-10,13H,1-4H3,(H,18,22)(H,20,21). The van der Waals surface area contributed by atoms with Crippen molar-refractivity contribution < 1.29 is 19.4 Å². The number of aromatic nitrogens is 2. The van der Waals surface area contributed by atoms with E-state index in [4.69, 9.17) is 4.74 Å². The van der Waals surface area contributed by atoms with E-state index >= 15 is 0 Å². The Balaban J connectivity index is 2.23. The first-order valence-corrected chi connectivity index (χ1v) is 7.33. The van der Waals surface area contributed by atoms with Crippen molar-refractivity contribution in [1.82, 2.24) is 15.1 Å². The van der Waals surface area contributed by atoms with Gasteiger partial charge < -0.3 is 15.2 Å². The molecule has 7 nitrogen and oxygen atoms in total. The number of para-hydroxylation sites is 1. The number of carboxylic acid groups (broad SMARTS) is 1. The highest BCUT2D eigenvalue weighted by Gasteiger charge is 2.31. The number of nitrogens with zero attached hydrogens (tertiary/aromatic N) is 2. The summed E-state index contributed by atoms with van der Waals surface area (Å²) in [5.41, 5.74) is 0.103. The second-order valence-corrected chi connectivity index (χ2v) is 6.35. The van der Waals surface area contributed by atoms with E-state index in [1.807, 2.05) is 24.3 Å². The smallest absolute Gasteiger partial charge is 0.408 e. The van der Waals surface area contributed by atoms with Crippen LogP contribution in [0, 0.1) is 0 Å². The molecule has 1 aromatic heterocycles. The van der Waals surface area contributed by atoms with Crippen LogP contribution < -0.4 is 5.32 Å². The van der Waals surface area contributed by atoms with Crippen molar-refractivity contribution in [1.29, 1.82) is 0 Å². The number of alkyl carbamates (subject to hydrolysis) is 1. The van der Waals surface area contributed by atoms with Gasteiger partial charge in [0.05, 0.1) is 17.8 Å². The maximum atomic E-state index is 11.9. The van der Waals surface area contributed by atoms with Gasteiger partial charge in [-0.25, -0.2) is 9.59 Å². The summed E-state index contributed by atoms with van der Waals surface area (Å²) in [5.74, 6) is -1.15. The maximum Gasteiger partial charge on any atom is 0.408 e. The van der Waals surface area contributed by atoms with Gasteiger partial charge in [-0.15, -0.1) is 0 Å². The molecule has 0 radical (unpaired) electrons. The lowest BCUT2D eigenvalue weighted by Crippen LogP contribution is -2.47. The van der Waals surface area contributed by atoms with E-state index in [0.717, 1.165) is 10.9 Å². The fraction of sp³-hybridized carbons (Fsp3) is 0.438. The third-order valence-corrected chi connectivity index (χ3v) is 3.31. The van der Waals surface area contributed by atoms with Crippen LogP contribution in [-0.4, -0.2) is 38.6 Å². The number of carboxylic acids is 1. The van der Waals surface area contributed by atoms with Gasteiger partial charge >= 0.3 is 12.1 Å². The monoisotopic (exact) mass is 319 g/mol. The molecule has 0 aliphatic heterocycles. The summed E-state index contributed by atoms with van der Waals surface area (Å²) in [7, 11) is 0. The Kier molecular flexibility index (Phi) is 4.58. The Labute approximate surface area is 134 Å². The molecular formula is C16H21N3O4. The molecule has 0 aliphatic carbocycles. The minimum Gasteiger partial charge on any atom is -0.480 e. The number of hydrogen-bond acceptors (Lipinski definition) is 4. The lowest BCUT2D eigenvalue weighted by molar-refractivity contribution is -0.140. The van der Waals surface area contributed by atoms with Crippen molar-refractivity contribution in [2.24, 2.45) is 0 Å². The molecule has 1 amide bonds. The minimum absolute atomic E-state index is 0.583. The highest BCUT2D eigenvalue weighted by molar-refractivity contribution is 5.82. The number of nitrogens with one attached hydrogen (secondary N) is 1. The largest absolute Gasteiger partial charge is 0.480 e. The van der Waals surface area contributed by atoms with Gasteiger partial charge in [-0.05, 0) is 33.8 Å². The number of aliphatic carboxylic acids is 1. The zero-order chi connectivity index (χ0) is 17.2. The Hall–Kier alpha value is -2.57. The number of carbonyl (C=O) groups is 2. The van der Waals surface area contributed by atoms with Crippen molar-refractivity contribution in [3.05, 3.63) is 30.5 Å². The van der Waals surface area contributed by atoms with E-state index in [1.54, 1.807) is 38.6 Å². The fourth-order valence-corrected chi connectivity index (χ4v) is 2.28. The Morgan fingerprint density at radius 2 is 1.96 bits per heavy atom. The average molecular weight is 319 g/mol. The van der Waals surface area contributed by atoms with E-state index in [-0.39, 0.29) is 0 Å². The maximum absolute atomic E-state index is 11.9. The number of fused-ring (bicyclic) bond motifs is 1. The Morgan fingerprint density at radius 3 is 2.57 bits per heavy atom. The summed E-state index contributed by atoms with van der Waals surface area (Å²) in [6, 6.07) is 5.73. The van der Waals surface area contributed by atoms with Gasteiger partial charge in [-0.3, -0.25) is 4.68 Å². The number of benzene rings is 1. The summed E-state index contributed by atoms with van der Waals surface area (Å²) in [6.07, 6.45) is 0.895. The summed E-state index contributed by atoms with van der Waals surface area (Å²) >= 11 is 0. The first-order valence-electron chi connectivity index (χ1n) is 7.33. The number of ether oxygens (including phenoxy) is 1. The zero-order valence-corrected chi connectivity index (χ0v) is 13.6. The number of carbonyl (C=O) groups excluding carboxylic acids is 1. The molecule has 2 aromatic rings. The second kappa shape index (κ2) is 6.28. The Morgan fingerprint density at radius 1 is 1.30 bits per heavy atom. The summed E-state index contributed by atoms with van der Waals surface area (Å²) in [4.78, 5) is 23.4. The molecule has 1 aromatic carbocycles. The number of amides is 1. The normalized spacial score (nSPS) is 14.3. The van der Waals surface area contributed by atoms with Crippen LogP contribution in [0.15, 0.2) is 30.5 Å². The van der Waals surface area contributed by atoms with Crippen LogP contribution in [0.2, 0.25) is 0 Å². The van der Waals surface area contributed by atoms with Crippen molar-refractivity contribution in [2.75, 3.05) is 0 Å². The lowest BCUT2D eigenvalue weighted by Gasteiger charge is -2.25. The van der Waals surface area contributed by atoms with Crippen molar-refractivity contribution in [3.63, 3.8) is 0 Å². The van der Waals surface area contributed by atoms with E-state index in [0.29, 0.717) is 0 Å². The molecule has 0 fully saturated rings. The van der Waals surface area contributed by atoms with Gasteiger partial charge in [0, 0.05) is 5.39 Å². The lowest BCUT2D eigenvalue weighted by atomic mass is 10.1. The van der Waals surface area contributed by atoms with Gasteiger partial charge in [0.25, 0.3) is 0 Å². The molecule has 2 rings (SSSR count). The summed E-state index contributed by atoms with van der Waals surface area (Å²) < 4.78 is 6.72. The third kappa shape index (κ3) is 4.00. The van der Waals surface area contributed by atoms with Crippen LogP contribution in [0.5, 0.6) is 0 Å². The van der Waals surface area contributed by atoms with Crippen LogP contribution in [0.25, 0.3) is 10.9 Å². The van der Waals surface area contributed by atoms with Crippen molar-refractivity contribution in [2.45, 2.75) is 45.4 Å². The van der Waals surface area contributed by atoms with E-state index in [9.17, 15) is 14.7 Å². The van der Waals surface area contributed by atoms with Gasteiger partial charge in [0.1, 0.15) is 5.60 Å². The first kappa shape index (κ1) is 16.8. The summed E-state index contributed by atoms with van der Waals surface area (Å²) in [6.45, 7) is 6.84. The van der Waals surface area contributed by atoms with E-state index < -0.39 is 29.7 Å². The third-order valence-electron chi connectivity index (χ3n) is 3.31. The van der Waals surface area contributed by atoms with Crippen molar-refractivity contribution >= 4 is 23.0 Å². The SMILES string of the molecule is CC(C(NC(=O)OC(C)(C)C)C(=O)O)n1ncc2ccccc21. The summed E-state index contributed by atoms with van der Waals surface area (Å²) in [5, 5.41) is 17.0. The molecule has 1 heterocycles. The van der Waals surface area contributed by atoms with Crippen LogP contribution in [0.3, 0.4) is 0 Å². The molecule has 0 saturated heterocycles. The molecule has 0 saturated carbocycles. The molecule has 7 heteroatoms. The van der Waals surface area contributed by atoms with Crippen LogP contribution >= 0.6 is 0 Å². The first-order chi connectivity index (χ1) is 10.7. The van der Waals surface area contributed by atoms with Gasteiger partial charge in [0.2, 0.25) is 0 Å². The van der Waals surface area contributed by atoms with Gasteiger partial charge in [-0.1, -0.05) is 18.2 Å². The minimum atomic E-state index is -1.16. The predicted molar refractivity (Wildman–Crippen MR) is 85.2 cm³/mol. The molecule has 0 bridgehead atoms. The molecular weight excluding hydrogens is 298 g/mol. The van der Waals surface area contributed by atoms with Crippen LogP contribution in [0.4, 0.5) is 4.79 Å². The molecule has 2 unspecified atom stereocenters. The number of rotatable bonds is 4. The van der Waals surface area contributed by atoms with Crippen molar-refractivity contribution in [3.8, 4) is 0 Å². The van der Waals surface area contributed by atoms with E-state index in [2.05, 4.69) is 10.4 Å². The topological polar surface area (TPSA) is 93.5 Å². The van der Waals surface area contributed by atoms with Gasteiger partial charge in [-0.2, -0.15) is 5.10 Å². The second-order valence-electron chi connectivity index (χ2n) is 6.35. The molecule has 23 heavy (non-hydrogen) atoms. The molecule has 0 aliphatic rings. The average Bonchev–Trinajstić information content (AvgIpc) is 2.85. The highest BCUT2D eigenvalue weighted by atomic mass is 16.6. The predicted octanol–water partition coefficient (Wildman–Crippen LogP) is 2.58. The molecule has 0 spiro atoms. The quantitative estimate of drug-likeness (QED) is 0.903. The number of hydrogen-bond donors (Lipinski definition) is 2. The van der Waals surface area contributed by atoms with Crippen LogP contribution in [-0.2, 0) is 9.53 Å². The fourth-order valence-electron chi connectivity index (χ4n) is 2.28.